The summed E-state index contributed by atoms with van der Waals surface area (Å²) in [4.78, 5) is 49.2. The van der Waals surface area contributed by atoms with Crippen molar-refractivity contribution in [1.82, 2.24) is 5.32 Å². The van der Waals surface area contributed by atoms with Gasteiger partial charge in [-0.3, -0.25) is 24.0 Å². The Morgan fingerprint density at radius 1 is 0.867 bits per heavy atom. The molecule has 14 nitrogen and oxygen atoms in total. The molecule has 0 amide bonds. The van der Waals surface area contributed by atoms with Crippen LogP contribution in [0.5, 0.6) is 0 Å². The predicted molar refractivity (Wildman–Crippen MR) is 104 cm³/mol. The molecule has 1 saturated heterocycles. The fourth-order valence-corrected chi connectivity index (χ4v) is 1.30. The van der Waals surface area contributed by atoms with Crippen molar-refractivity contribution in [3.63, 3.8) is 0 Å². The third-order valence-corrected chi connectivity index (χ3v) is 3.12. The minimum absolute atomic E-state index is 0.0231. The molecule has 176 valence electrons. The van der Waals surface area contributed by atoms with Gasteiger partial charge in [-0.15, -0.1) is 0 Å². The van der Waals surface area contributed by atoms with Crippen molar-refractivity contribution in [3.8, 4) is 0 Å². The number of nitrogens with one attached hydrogen (secondary N) is 1. The van der Waals surface area contributed by atoms with E-state index in [1.807, 2.05) is 0 Å². The van der Waals surface area contributed by atoms with E-state index < -0.39 is 48.0 Å². The zero-order valence-electron chi connectivity index (χ0n) is 16.9. The molecule has 4 atom stereocenters. The van der Waals surface area contributed by atoms with Crippen molar-refractivity contribution in [3.05, 3.63) is 0 Å². The number of rotatable bonds is 7. The first-order valence-corrected chi connectivity index (χ1v) is 8.76. The highest BCUT2D eigenvalue weighted by Crippen LogP contribution is 2.03. The zero-order valence-corrected chi connectivity index (χ0v) is 16.9. The second-order valence-corrected chi connectivity index (χ2v) is 6.12. The lowest BCUT2D eigenvalue weighted by Crippen LogP contribution is -2.30. The van der Waals surface area contributed by atoms with E-state index >= 15 is 0 Å². The average molecular weight is 440 g/mol. The van der Waals surface area contributed by atoms with Gasteiger partial charge in [0.05, 0.1) is 0 Å². The largest absolute Gasteiger partial charge is 0.481 e. The molecular formula is C16H32N4O10. The summed E-state index contributed by atoms with van der Waals surface area (Å²) in [6.45, 7) is 3.70. The van der Waals surface area contributed by atoms with E-state index in [1.165, 1.54) is 13.8 Å². The SMILES string of the molecule is C[C@H](N)C(=O)O.C[C@H](N)C(=O)O.N[C@@H](CCC(=O)O)C(=O)O.O=C(O)[C@@H]1CCCN1. The Balaban J connectivity index is -0.000000332. The Kier molecular flexibility index (Phi) is 19.4. The molecule has 0 aliphatic carbocycles. The van der Waals surface area contributed by atoms with Crippen LogP contribution in [-0.2, 0) is 24.0 Å². The summed E-state index contributed by atoms with van der Waals surface area (Å²) < 4.78 is 0. The van der Waals surface area contributed by atoms with Gasteiger partial charge in [-0.1, -0.05) is 0 Å². The monoisotopic (exact) mass is 440 g/mol. The van der Waals surface area contributed by atoms with Crippen molar-refractivity contribution in [2.24, 2.45) is 17.2 Å². The second-order valence-electron chi connectivity index (χ2n) is 6.12. The maximum Gasteiger partial charge on any atom is 0.320 e. The summed E-state index contributed by atoms with van der Waals surface area (Å²) >= 11 is 0. The van der Waals surface area contributed by atoms with Gasteiger partial charge in [0.2, 0.25) is 0 Å². The lowest BCUT2D eigenvalue weighted by atomic mass is 10.2. The van der Waals surface area contributed by atoms with Crippen molar-refractivity contribution in [2.45, 2.75) is 63.7 Å². The van der Waals surface area contributed by atoms with E-state index in [2.05, 4.69) is 5.32 Å². The molecule has 0 aromatic carbocycles. The van der Waals surface area contributed by atoms with Crippen LogP contribution < -0.4 is 22.5 Å². The minimum atomic E-state index is -1.17. The van der Waals surface area contributed by atoms with Gasteiger partial charge in [0.15, 0.2) is 0 Å². The van der Waals surface area contributed by atoms with Gasteiger partial charge >= 0.3 is 29.8 Å². The number of nitrogens with two attached hydrogens (primary N) is 3. The van der Waals surface area contributed by atoms with Crippen LogP contribution in [0.15, 0.2) is 0 Å². The Labute approximate surface area is 173 Å². The molecule has 0 radical (unpaired) electrons. The Hall–Kier alpha value is -2.81. The number of carboxylic acids is 5. The van der Waals surface area contributed by atoms with E-state index in [0.717, 1.165) is 19.4 Å². The first kappa shape index (κ1) is 31.9. The van der Waals surface area contributed by atoms with Crippen molar-refractivity contribution in [1.29, 1.82) is 0 Å². The van der Waals surface area contributed by atoms with E-state index in [9.17, 15) is 24.0 Å². The molecule has 1 aliphatic heterocycles. The van der Waals surface area contributed by atoms with Crippen molar-refractivity contribution >= 4 is 29.8 Å². The fourth-order valence-electron chi connectivity index (χ4n) is 1.30. The van der Waals surface area contributed by atoms with E-state index in [0.29, 0.717) is 0 Å². The highest BCUT2D eigenvalue weighted by atomic mass is 16.4. The third kappa shape index (κ3) is 23.2. The van der Waals surface area contributed by atoms with Crippen LogP contribution in [-0.4, -0.2) is 86.1 Å². The molecule has 1 heterocycles. The highest BCUT2D eigenvalue weighted by Gasteiger charge is 2.20. The Bertz CT molecular complexity index is 530. The summed E-state index contributed by atoms with van der Waals surface area (Å²) in [5, 5.41) is 43.2. The molecule has 0 bridgehead atoms. The molecule has 0 aromatic rings. The first-order chi connectivity index (χ1) is 13.6. The maximum absolute atomic E-state index is 10.1. The minimum Gasteiger partial charge on any atom is -0.481 e. The maximum atomic E-state index is 10.1. The van der Waals surface area contributed by atoms with Crippen LogP contribution in [0.2, 0.25) is 0 Å². The highest BCUT2D eigenvalue weighted by molar-refractivity contribution is 5.75. The average Bonchev–Trinajstić information content (AvgIpc) is 3.16. The van der Waals surface area contributed by atoms with E-state index in [1.54, 1.807) is 0 Å². The normalized spacial score (nSPS) is 17.2. The number of carboxylic acid groups (broad SMARTS) is 5. The van der Waals surface area contributed by atoms with Crippen LogP contribution in [0.4, 0.5) is 0 Å². The number of carbonyl (C=O) groups is 5. The van der Waals surface area contributed by atoms with Crippen LogP contribution in [0, 0.1) is 0 Å². The topological polar surface area (TPSA) is 277 Å². The van der Waals surface area contributed by atoms with E-state index in [4.69, 9.17) is 42.7 Å². The molecule has 1 aliphatic rings. The van der Waals surface area contributed by atoms with Crippen LogP contribution >= 0.6 is 0 Å². The molecule has 0 spiro atoms. The van der Waals surface area contributed by atoms with Gasteiger partial charge in [-0.05, 0) is 39.7 Å². The van der Waals surface area contributed by atoms with Crippen LogP contribution in [0.1, 0.15) is 39.5 Å². The zero-order chi connectivity index (χ0) is 24.4. The van der Waals surface area contributed by atoms with E-state index in [-0.39, 0.29) is 18.9 Å². The molecular weight excluding hydrogens is 408 g/mol. The van der Waals surface area contributed by atoms with Crippen LogP contribution in [0.25, 0.3) is 0 Å². The Morgan fingerprint density at radius 3 is 1.43 bits per heavy atom. The van der Waals surface area contributed by atoms with Crippen molar-refractivity contribution < 1.29 is 49.5 Å². The molecule has 0 saturated carbocycles. The first-order valence-electron chi connectivity index (χ1n) is 8.76. The predicted octanol–water partition coefficient (Wildman–Crippen LogP) is -2.08. The molecule has 30 heavy (non-hydrogen) atoms. The fraction of sp³-hybridized carbons (Fsp3) is 0.688. The molecule has 12 N–H and O–H groups in total. The number of aliphatic carboxylic acids is 5. The van der Waals surface area contributed by atoms with Gasteiger partial charge < -0.3 is 48.1 Å². The summed E-state index contributed by atoms with van der Waals surface area (Å²) in [5.41, 5.74) is 14.7. The lowest BCUT2D eigenvalue weighted by Gasteiger charge is -2.01. The van der Waals surface area contributed by atoms with Gasteiger partial charge in [-0.25, -0.2) is 0 Å². The van der Waals surface area contributed by atoms with Gasteiger partial charge in [0.25, 0.3) is 0 Å². The summed E-state index contributed by atoms with van der Waals surface area (Å²) in [6.07, 6.45) is 1.56. The third-order valence-electron chi connectivity index (χ3n) is 3.12. The van der Waals surface area contributed by atoms with Crippen molar-refractivity contribution in [2.75, 3.05) is 6.54 Å². The second kappa shape index (κ2) is 18.2. The summed E-state index contributed by atoms with van der Waals surface area (Å²) in [7, 11) is 0. The molecule has 0 unspecified atom stereocenters. The molecule has 1 fully saturated rings. The quantitative estimate of drug-likeness (QED) is 0.205. The Morgan fingerprint density at radius 2 is 1.27 bits per heavy atom. The van der Waals surface area contributed by atoms with Gasteiger partial charge in [0.1, 0.15) is 24.2 Å². The van der Waals surface area contributed by atoms with Crippen LogP contribution in [0.3, 0.4) is 0 Å². The van der Waals surface area contributed by atoms with Gasteiger partial charge in [0, 0.05) is 6.42 Å². The molecule has 14 heteroatoms. The lowest BCUT2D eigenvalue weighted by molar-refractivity contribution is -0.141. The summed E-state index contributed by atoms with van der Waals surface area (Å²) in [6, 6.07) is -2.79. The smallest absolute Gasteiger partial charge is 0.320 e. The standard InChI is InChI=1S/C5H9NO4.C5H9NO2.2C3H7NO2/c6-3(5(9)10)1-2-4(7)8;7-5(8)4-2-1-3-6-4;2*1-2(4)3(5)6/h3H,1-2,6H2,(H,7,8)(H,9,10);4,6H,1-3H2,(H,7,8);2*2H,4H2,1H3,(H,5,6)/t3-;4-;2*2-/m0000/s1. The number of hydrogen-bond donors (Lipinski definition) is 9. The summed E-state index contributed by atoms with van der Waals surface area (Å²) in [5.74, 6) is -4.84. The van der Waals surface area contributed by atoms with Gasteiger partial charge in [-0.2, -0.15) is 0 Å². The number of hydrogen-bond acceptors (Lipinski definition) is 9. The molecule has 1 rings (SSSR count). The molecule has 0 aromatic heterocycles.